The maximum atomic E-state index is 12.7. The van der Waals surface area contributed by atoms with Crippen LogP contribution in [0.5, 0.6) is 5.75 Å². The third kappa shape index (κ3) is 4.31. The zero-order valence-corrected chi connectivity index (χ0v) is 10.7. The molecule has 0 unspecified atom stereocenters. The molecule has 0 aromatic carbocycles. The number of aromatic nitrogens is 1. The van der Waals surface area contributed by atoms with Crippen LogP contribution in [0.25, 0.3) is 0 Å². The number of halogens is 6. The Morgan fingerprint density at radius 3 is 2.47 bits per heavy atom. The molecule has 9 heteroatoms. The molecule has 3 nitrogen and oxygen atoms in total. The van der Waals surface area contributed by atoms with Gasteiger partial charge in [0.2, 0.25) is 0 Å². The van der Waals surface area contributed by atoms with Gasteiger partial charge in [-0.2, -0.15) is 5.26 Å². The van der Waals surface area contributed by atoms with Crippen LogP contribution in [0, 0.1) is 11.3 Å². The maximum absolute atomic E-state index is 12.7. The molecule has 1 heterocycles. The number of hydrogen-bond donors (Lipinski definition) is 0. The molecule has 0 bridgehead atoms. The summed E-state index contributed by atoms with van der Waals surface area (Å²) in [6, 6.07) is 2.35. The van der Waals surface area contributed by atoms with E-state index in [1.807, 2.05) is 0 Å². The third-order valence-corrected chi connectivity index (χ3v) is 2.53. The van der Waals surface area contributed by atoms with Crippen LogP contribution in [0.4, 0.5) is 22.0 Å². The number of hydrogen-bond acceptors (Lipinski definition) is 3. The third-order valence-electron chi connectivity index (χ3n) is 2.00. The highest BCUT2D eigenvalue weighted by atomic mass is 79.9. The molecular weight excluding hydrogens is 339 g/mol. The number of nitrogens with zero attached hydrogens (tertiary/aromatic N) is 2. The summed E-state index contributed by atoms with van der Waals surface area (Å²) >= 11 is 2.84. The normalized spacial score (nSPS) is 11.5. The highest BCUT2D eigenvalue weighted by Crippen LogP contribution is 2.32. The fourth-order valence-electron chi connectivity index (χ4n) is 1.31. The largest absolute Gasteiger partial charge is 0.573 e. The van der Waals surface area contributed by atoms with Gasteiger partial charge in [0, 0.05) is 5.33 Å². The predicted octanol–water partition coefficient (Wildman–Crippen LogP) is 3.88. The Kier molecular flexibility index (Phi) is 5.05. The lowest BCUT2D eigenvalue weighted by atomic mass is 10.1. The van der Waals surface area contributed by atoms with Crippen molar-refractivity contribution >= 4 is 15.9 Å². The second kappa shape index (κ2) is 6.14. The SMILES string of the molecule is N#CCc1cc(OC(F)(F)F)c(CBr)nc1C(F)F. The van der Waals surface area contributed by atoms with E-state index in [2.05, 4.69) is 25.7 Å². The molecular formula is C10H6BrF5N2O. The maximum Gasteiger partial charge on any atom is 0.573 e. The summed E-state index contributed by atoms with van der Waals surface area (Å²) in [5.74, 6) is -0.695. The zero-order valence-electron chi connectivity index (χ0n) is 9.14. The molecule has 0 N–H and O–H groups in total. The van der Waals surface area contributed by atoms with E-state index >= 15 is 0 Å². The number of nitriles is 1. The first-order valence-corrected chi connectivity index (χ1v) is 5.90. The fourth-order valence-corrected chi connectivity index (χ4v) is 1.71. The smallest absolute Gasteiger partial charge is 0.404 e. The van der Waals surface area contributed by atoms with Gasteiger partial charge >= 0.3 is 6.36 Å². The zero-order chi connectivity index (χ0) is 14.6. The van der Waals surface area contributed by atoms with Gasteiger partial charge in [-0.3, -0.25) is 0 Å². The Labute approximate surface area is 113 Å². The van der Waals surface area contributed by atoms with Crippen molar-refractivity contribution in [2.75, 3.05) is 0 Å². The Bertz CT molecular complexity index is 498. The average molecular weight is 345 g/mol. The molecule has 0 amide bonds. The van der Waals surface area contributed by atoms with Crippen molar-refractivity contribution in [1.82, 2.24) is 4.98 Å². The van der Waals surface area contributed by atoms with E-state index in [0.717, 1.165) is 6.07 Å². The highest BCUT2D eigenvalue weighted by molar-refractivity contribution is 9.08. The first-order chi connectivity index (χ1) is 8.78. The van der Waals surface area contributed by atoms with Crippen LogP contribution in [0.15, 0.2) is 6.07 Å². The standard InChI is InChI=1S/C10H6BrF5N2O/c11-4-6-7(19-10(14,15)16)3-5(1-2-17)8(18-6)9(12)13/h3,9H,1,4H2. The van der Waals surface area contributed by atoms with Crippen LogP contribution in [0.3, 0.4) is 0 Å². The lowest BCUT2D eigenvalue weighted by Gasteiger charge is -2.14. The molecule has 0 atom stereocenters. The van der Waals surface area contributed by atoms with Crippen molar-refractivity contribution in [1.29, 1.82) is 5.26 Å². The van der Waals surface area contributed by atoms with Gasteiger partial charge in [-0.25, -0.2) is 13.8 Å². The van der Waals surface area contributed by atoms with Gasteiger partial charge in [0.05, 0.1) is 18.2 Å². The second-order valence-electron chi connectivity index (χ2n) is 3.29. The molecule has 104 valence electrons. The Morgan fingerprint density at radius 2 is 2.05 bits per heavy atom. The highest BCUT2D eigenvalue weighted by Gasteiger charge is 2.33. The van der Waals surface area contributed by atoms with E-state index in [-0.39, 0.29) is 16.6 Å². The average Bonchev–Trinajstić information content (AvgIpc) is 2.27. The van der Waals surface area contributed by atoms with E-state index in [0.29, 0.717) is 0 Å². The molecule has 0 saturated heterocycles. The van der Waals surface area contributed by atoms with Crippen LogP contribution >= 0.6 is 15.9 Å². The molecule has 0 aliphatic heterocycles. The van der Waals surface area contributed by atoms with E-state index in [1.54, 1.807) is 6.07 Å². The summed E-state index contributed by atoms with van der Waals surface area (Å²) in [4.78, 5) is 3.42. The summed E-state index contributed by atoms with van der Waals surface area (Å²) < 4.78 is 65.5. The summed E-state index contributed by atoms with van der Waals surface area (Å²) in [5, 5.41) is 8.29. The fraction of sp³-hybridized carbons (Fsp3) is 0.400. The molecule has 0 radical (unpaired) electrons. The van der Waals surface area contributed by atoms with E-state index in [4.69, 9.17) is 5.26 Å². The minimum absolute atomic E-state index is 0.190. The summed E-state index contributed by atoms with van der Waals surface area (Å²) in [6.07, 6.45) is -8.43. The van der Waals surface area contributed by atoms with E-state index in [1.165, 1.54) is 0 Å². The van der Waals surface area contributed by atoms with Gasteiger partial charge in [-0.1, -0.05) is 15.9 Å². The second-order valence-corrected chi connectivity index (χ2v) is 3.86. The topological polar surface area (TPSA) is 45.9 Å². The molecule has 19 heavy (non-hydrogen) atoms. The van der Waals surface area contributed by atoms with Gasteiger partial charge < -0.3 is 4.74 Å². The number of alkyl halides is 6. The quantitative estimate of drug-likeness (QED) is 0.615. The Balaban J connectivity index is 3.31. The summed E-state index contributed by atoms with van der Waals surface area (Å²) in [7, 11) is 0. The minimum Gasteiger partial charge on any atom is -0.404 e. The minimum atomic E-state index is -4.96. The molecule has 1 rings (SSSR count). The lowest BCUT2D eigenvalue weighted by Crippen LogP contribution is -2.19. The van der Waals surface area contributed by atoms with Gasteiger partial charge in [-0.05, 0) is 11.6 Å². The Hall–Kier alpha value is -1.43. The van der Waals surface area contributed by atoms with Crippen molar-refractivity contribution in [3.8, 4) is 11.8 Å². The summed E-state index contributed by atoms with van der Waals surface area (Å²) in [6.45, 7) is 0. The monoisotopic (exact) mass is 344 g/mol. The van der Waals surface area contributed by atoms with Crippen LogP contribution in [-0.4, -0.2) is 11.3 Å². The van der Waals surface area contributed by atoms with Gasteiger partial charge in [0.25, 0.3) is 6.43 Å². The van der Waals surface area contributed by atoms with Crippen LogP contribution in [-0.2, 0) is 11.8 Å². The Morgan fingerprint density at radius 1 is 1.42 bits per heavy atom. The molecule has 0 saturated carbocycles. The lowest BCUT2D eigenvalue weighted by molar-refractivity contribution is -0.275. The molecule has 1 aromatic heterocycles. The van der Waals surface area contributed by atoms with Crippen molar-refractivity contribution in [3.63, 3.8) is 0 Å². The van der Waals surface area contributed by atoms with Crippen molar-refractivity contribution in [2.24, 2.45) is 0 Å². The first-order valence-electron chi connectivity index (χ1n) is 4.78. The predicted molar refractivity (Wildman–Crippen MR) is 57.8 cm³/mol. The molecule has 0 fully saturated rings. The molecule has 0 spiro atoms. The van der Waals surface area contributed by atoms with E-state index < -0.39 is 30.7 Å². The van der Waals surface area contributed by atoms with Crippen LogP contribution in [0.2, 0.25) is 0 Å². The van der Waals surface area contributed by atoms with Crippen molar-refractivity contribution in [2.45, 2.75) is 24.5 Å². The van der Waals surface area contributed by atoms with Crippen molar-refractivity contribution < 1.29 is 26.7 Å². The van der Waals surface area contributed by atoms with Gasteiger partial charge in [-0.15, -0.1) is 13.2 Å². The molecule has 0 aliphatic carbocycles. The number of pyridine rings is 1. The number of rotatable bonds is 4. The van der Waals surface area contributed by atoms with Crippen molar-refractivity contribution in [3.05, 3.63) is 23.0 Å². The molecule has 0 aliphatic rings. The van der Waals surface area contributed by atoms with Crippen LogP contribution < -0.4 is 4.74 Å². The van der Waals surface area contributed by atoms with Gasteiger partial charge in [0.1, 0.15) is 5.69 Å². The first kappa shape index (κ1) is 15.6. The molecule has 1 aromatic rings. The van der Waals surface area contributed by atoms with E-state index in [9.17, 15) is 22.0 Å². The van der Waals surface area contributed by atoms with Crippen LogP contribution in [0.1, 0.15) is 23.4 Å². The number of ether oxygens (including phenoxy) is 1. The summed E-state index contributed by atoms with van der Waals surface area (Å²) in [5.41, 5.74) is -1.32. The van der Waals surface area contributed by atoms with Gasteiger partial charge in [0.15, 0.2) is 5.75 Å².